The van der Waals surface area contributed by atoms with E-state index in [9.17, 15) is 4.79 Å². The lowest BCUT2D eigenvalue weighted by Crippen LogP contribution is -2.37. The maximum absolute atomic E-state index is 11.4. The smallest absolute Gasteiger partial charge is 0.407 e. The van der Waals surface area contributed by atoms with Gasteiger partial charge < -0.3 is 15.3 Å². The van der Waals surface area contributed by atoms with Gasteiger partial charge in [-0.2, -0.15) is 0 Å². The Morgan fingerprint density at radius 3 is 2.73 bits per heavy atom. The SMILES string of the molecule is CC(C)(C)OC(=O)NC1CCC(=NO)C1. The summed E-state index contributed by atoms with van der Waals surface area (Å²) in [5.41, 5.74) is 0.257. The van der Waals surface area contributed by atoms with Crippen LogP contribution in [-0.4, -0.2) is 28.7 Å². The van der Waals surface area contributed by atoms with Crippen molar-refractivity contribution in [3.05, 3.63) is 0 Å². The minimum atomic E-state index is -0.476. The third-order valence-electron chi connectivity index (χ3n) is 2.13. The number of nitrogens with one attached hydrogen (secondary N) is 1. The zero-order chi connectivity index (χ0) is 11.5. The van der Waals surface area contributed by atoms with E-state index in [0.717, 1.165) is 18.6 Å². The molecule has 0 saturated heterocycles. The first-order chi connectivity index (χ1) is 6.90. The number of amides is 1. The highest BCUT2D eigenvalue weighted by atomic mass is 16.6. The van der Waals surface area contributed by atoms with E-state index >= 15 is 0 Å². The predicted molar refractivity (Wildman–Crippen MR) is 56.2 cm³/mol. The molecule has 1 rings (SSSR count). The molecule has 1 aliphatic rings. The molecule has 1 aliphatic carbocycles. The molecule has 0 radical (unpaired) electrons. The zero-order valence-electron chi connectivity index (χ0n) is 9.41. The first-order valence-corrected chi connectivity index (χ1v) is 5.10. The summed E-state index contributed by atoms with van der Waals surface area (Å²) in [6, 6.07) is 0.0331. The first-order valence-electron chi connectivity index (χ1n) is 5.10. The highest BCUT2D eigenvalue weighted by Gasteiger charge is 2.25. The monoisotopic (exact) mass is 214 g/mol. The van der Waals surface area contributed by atoms with E-state index in [1.54, 1.807) is 0 Å². The van der Waals surface area contributed by atoms with Crippen LogP contribution >= 0.6 is 0 Å². The van der Waals surface area contributed by atoms with Crippen LogP contribution in [0.4, 0.5) is 4.79 Å². The van der Waals surface area contributed by atoms with Gasteiger partial charge in [-0.3, -0.25) is 0 Å². The van der Waals surface area contributed by atoms with Gasteiger partial charge in [-0.25, -0.2) is 4.79 Å². The van der Waals surface area contributed by atoms with Crippen LogP contribution in [0.15, 0.2) is 5.16 Å². The molecule has 1 unspecified atom stereocenters. The molecule has 0 aliphatic heterocycles. The van der Waals surface area contributed by atoms with Gasteiger partial charge in [0.05, 0.1) is 5.71 Å². The lowest BCUT2D eigenvalue weighted by molar-refractivity contribution is 0.0506. The van der Waals surface area contributed by atoms with Crippen LogP contribution in [0.25, 0.3) is 0 Å². The Kier molecular flexibility index (Phi) is 3.55. The average molecular weight is 214 g/mol. The van der Waals surface area contributed by atoms with E-state index in [2.05, 4.69) is 10.5 Å². The molecule has 0 aromatic heterocycles. The molecule has 1 saturated carbocycles. The molecule has 0 bridgehead atoms. The fourth-order valence-electron chi connectivity index (χ4n) is 1.52. The summed E-state index contributed by atoms with van der Waals surface area (Å²) in [6.07, 6.45) is 1.73. The third-order valence-corrected chi connectivity index (χ3v) is 2.13. The molecule has 86 valence electrons. The van der Waals surface area contributed by atoms with Crippen molar-refractivity contribution in [2.45, 2.75) is 51.7 Å². The molecule has 5 nitrogen and oxygen atoms in total. The predicted octanol–water partition coefficient (Wildman–Crippen LogP) is 1.89. The topological polar surface area (TPSA) is 70.9 Å². The summed E-state index contributed by atoms with van der Waals surface area (Å²) in [6.45, 7) is 5.46. The van der Waals surface area contributed by atoms with Crippen molar-refractivity contribution in [3.63, 3.8) is 0 Å². The largest absolute Gasteiger partial charge is 0.444 e. The lowest BCUT2D eigenvalue weighted by atomic mass is 10.2. The second kappa shape index (κ2) is 4.51. The Morgan fingerprint density at radius 1 is 1.60 bits per heavy atom. The van der Waals surface area contributed by atoms with Crippen LogP contribution in [0.3, 0.4) is 0 Å². The normalized spacial score (nSPS) is 24.2. The number of rotatable bonds is 1. The summed E-state index contributed by atoms with van der Waals surface area (Å²) in [5, 5.41) is 14.4. The van der Waals surface area contributed by atoms with Crippen LogP contribution in [0, 0.1) is 0 Å². The number of oxime groups is 1. The average Bonchev–Trinajstić information content (AvgIpc) is 2.48. The van der Waals surface area contributed by atoms with Crippen LogP contribution < -0.4 is 5.32 Å². The second-order valence-electron chi connectivity index (χ2n) is 4.75. The van der Waals surface area contributed by atoms with Crippen molar-refractivity contribution >= 4 is 11.8 Å². The number of carbonyl (C=O) groups excluding carboxylic acids is 1. The van der Waals surface area contributed by atoms with Crippen LogP contribution in [0.2, 0.25) is 0 Å². The minimum absolute atomic E-state index is 0.0331. The maximum Gasteiger partial charge on any atom is 0.407 e. The summed E-state index contributed by atoms with van der Waals surface area (Å²) >= 11 is 0. The van der Waals surface area contributed by atoms with Gasteiger partial charge >= 0.3 is 6.09 Å². The quantitative estimate of drug-likeness (QED) is 0.517. The molecule has 15 heavy (non-hydrogen) atoms. The first kappa shape index (κ1) is 11.8. The van der Waals surface area contributed by atoms with Crippen molar-refractivity contribution in [2.75, 3.05) is 0 Å². The number of carbonyl (C=O) groups is 1. The van der Waals surface area contributed by atoms with E-state index in [-0.39, 0.29) is 6.04 Å². The van der Waals surface area contributed by atoms with Gasteiger partial charge in [0, 0.05) is 12.5 Å². The molecule has 1 fully saturated rings. The molecular formula is C10H18N2O3. The van der Waals surface area contributed by atoms with Crippen molar-refractivity contribution in [2.24, 2.45) is 5.16 Å². The van der Waals surface area contributed by atoms with Crippen molar-refractivity contribution in [3.8, 4) is 0 Å². The molecule has 0 spiro atoms. The van der Waals surface area contributed by atoms with Crippen LogP contribution in [0.1, 0.15) is 40.0 Å². The summed E-state index contributed by atoms with van der Waals surface area (Å²) < 4.78 is 5.12. The van der Waals surface area contributed by atoms with Gasteiger partial charge in [0.25, 0.3) is 0 Å². The Balaban J connectivity index is 2.34. The summed E-state index contributed by atoms with van der Waals surface area (Å²) in [4.78, 5) is 11.4. The highest BCUT2D eigenvalue weighted by molar-refractivity contribution is 5.87. The van der Waals surface area contributed by atoms with Gasteiger partial charge in [0.2, 0.25) is 0 Å². The van der Waals surface area contributed by atoms with E-state index in [1.807, 2.05) is 20.8 Å². The molecule has 1 amide bonds. The van der Waals surface area contributed by atoms with E-state index < -0.39 is 11.7 Å². The van der Waals surface area contributed by atoms with Crippen molar-refractivity contribution < 1.29 is 14.7 Å². The van der Waals surface area contributed by atoms with Gasteiger partial charge in [-0.1, -0.05) is 5.16 Å². The molecule has 0 heterocycles. The van der Waals surface area contributed by atoms with E-state index in [0.29, 0.717) is 6.42 Å². The molecule has 5 heteroatoms. The molecule has 0 aromatic carbocycles. The Morgan fingerprint density at radius 2 is 2.27 bits per heavy atom. The van der Waals surface area contributed by atoms with Gasteiger partial charge in [-0.05, 0) is 33.6 Å². The highest BCUT2D eigenvalue weighted by Crippen LogP contribution is 2.16. The minimum Gasteiger partial charge on any atom is -0.444 e. The second-order valence-corrected chi connectivity index (χ2v) is 4.75. The Hall–Kier alpha value is -1.26. The fourth-order valence-corrected chi connectivity index (χ4v) is 1.52. The van der Waals surface area contributed by atoms with Crippen LogP contribution in [0.5, 0.6) is 0 Å². The number of nitrogens with zero attached hydrogens (tertiary/aromatic N) is 1. The van der Waals surface area contributed by atoms with Gasteiger partial charge in [-0.15, -0.1) is 0 Å². The lowest BCUT2D eigenvalue weighted by Gasteiger charge is -2.21. The Labute approximate surface area is 89.5 Å². The number of ether oxygens (including phenoxy) is 1. The van der Waals surface area contributed by atoms with Crippen molar-refractivity contribution in [1.82, 2.24) is 5.32 Å². The third kappa shape index (κ3) is 4.18. The maximum atomic E-state index is 11.4. The zero-order valence-corrected chi connectivity index (χ0v) is 9.41. The summed E-state index contributed by atoms with van der Waals surface area (Å²) in [7, 11) is 0. The van der Waals surface area contributed by atoms with Crippen LogP contribution in [-0.2, 0) is 4.74 Å². The van der Waals surface area contributed by atoms with Gasteiger partial charge in [0.15, 0.2) is 0 Å². The van der Waals surface area contributed by atoms with Gasteiger partial charge in [0.1, 0.15) is 5.60 Å². The number of alkyl carbamates (subject to hydrolysis) is 1. The summed E-state index contributed by atoms with van der Waals surface area (Å²) in [5.74, 6) is 0. The molecular weight excluding hydrogens is 196 g/mol. The van der Waals surface area contributed by atoms with E-state index in [1.165, 1.54) is 0 Å². The number of hydrogen-bond donors (Lipinski definition) is 2. The standard InChI is InChI=1S/C10H18N2O3/c1-10(2,3)15-9(13)11-7-4-5-8(6-7)12-14/h7,14H,4-6H2,1-3H3,(H,11,13). The Bertz CT molecular complexity index is 268. The van der Waals surface area contributed by atoms with Crippen molar-refractivity contribution in [1.29, 1.82) is 0 Å². The number of hydrogen-bond acceptors (Lipinski definition) is 4. The molecule has 0 aromatic rings. The molecule has 2 N–H and O–H groups in total. The van der Waals surface area contributed by atoms with E-state index in [4.69, 9.17) is 9.94 Å². The molecule has 1 atom stereocenters. The fraction of sp³-hybridized carbons (Fsp3) is 0.800.